The monoisotopic (exact) mass is 429 g/mol. The molecule has 2 heterocycles. The highest BCUT2D eigenvalue weighted by atomic mass is 79.9. The van der Waals surface area contributed by atoms with Gasteiger partial charge in [-0.1, -0.05) is 22.0 Å². The minimum absolute atomic E-state index is 0.429. The van der Waals surface area contributed by atoms with Crippen molar-refractivity contribution in [1.82, 2.24) is 4.90 Å². The lowest BCUT2D eigenvalue weighted by Crippen LogP contribution is -2.51. The zero-order chi connectivity index (χ0) is 19.0. The summed E-state index contributed by atoms with van der Waals surface area (Å²) < 4.78 is 6.10. The average Bonchev–Trinajstić information content (AvgIpc) is 2.93. The fraction of sp³-hybridized carbons (Fsp3) is 0.300. The number of halogens is 1. The summed E-state index contributed by atoms with van der Waals surface area (Å²) in [5.74, 6) is -0.0292. The van der Waals surface area contributed by atoms with Crippen LogP contribution in [0.3, 0.4) is 0 Å². The molecule has 4 rings (SSSR count). The van der Waals surface area contributed by atoms with E-state index < -0.39 is 11.7 Å². The summed E-state index contributed by atoms with van der Waals surface area (Å²) in [6.45, 7) is 3.79. The van der Waals surface area contributed by atoms with Crippen molar-refractivity contribution in [1.29, 1.82) is 0 Å². The summed E-state index contributed by atoms with van der Waals surface area (Å²) >= 11 is 3.36. The number of rotatable bonds is 4. The van der Waals surface area contributed by atoms with Gasteiger partial charge in [0.25, 0.3) is 5.78 Å². The number of carbonyl (C=O) groups excluding carboxylic acids is 2. The summed E-state index contributed by atoms with van der Waals surface area (Å²) in [5, 5.41) is 0. The number of benzene rings is 2. The van der Waals surface area contributed by atoms with E-state index in [2.05, 4.69) is 31.8 Å². The van der Waals surface area contributed by atoms with Crippen molar-refractivity contribution >= 4 is 39.0 Å². The van der Waals surface area contributed by atoms with Gasteiger partial charge >= 0.3 is 5.91 Å². The second-order valence-corrected chi connectivity index (χ2v) is 7.59. The number of carbonyl (C=O) groups is 2. The van der Waals surface area contributed by atoms with Crippen LogP contribution in [-0.4, -0.2) is 56.5 Å². The first-order valence-corrected chi connectivity index (χ1v) is 9.63. The molecule has 2 aromatic carbocycles. The molecule has 27 heavy (non-hydrogen) atoms. The normalized spacial score (nSPS) is 17.4. The minimum Gasteiger partial charge on any atom is -0.497 e. The molecule has 6 nitrogen and oxygen atoms in total. The van der Waals surface area contributed by atoms with Gasteiger partial charge in [-0.3, -0.25) is 19.4 Å². The van der Waals surface area contributed by atoms with Gasteiger partial charge in [-0.25, -0.2) is 0 Å². The second kappa shape index (κ2) is 7.32. The van der Waals surface area contributed by atoms with Gasteiger partial charge in [0.15, 0.2) is 0 Å². The van der Waals surface area contributed by atoms with Gasteiger partial charge < -0.3 is 9.64 Å². The minimum atomic E-state index is -0.446. The van der Waals surface area contributed by atoms with Crippen molar-refractivity contribution < 1.29 is 14.3 Å². The highest BCUT2D eigenvalue weighted by Crippen LogP contribution is 2.31. The Morgan fingerprint density at radius 3 is 2.56 bits per heavy atom. The van der Waals surface area contributed by atoms with E-state index in [1.165, 1.54) is 0 Å². The number of fused-ring (bicyclic) bond motifs is 1. The zero-order valence-corrected chi connectivity index (χ0v) is 16.6. The third-order valence-electron chi connectivity index (χ3n) is 5.07. The van der Waals surface area contributed by atoms with E-state index in [0.29, 0.717) is 17.9 Å². The van der Waals surface area contributed by atoms with E-state index in [4.69, 9.17) is 4.74 Å². The average molecular weight is 430 g/mol. The molecule has 0 bridgehead atoms. The number of amides is 1. The fourth-order valence-electron chi connectivity index (χ4n) is 3.57. The van der Waals surface area contributed by atoms with Crippen molar-refractivity contribution in [2.24, 2.45) is 0 Å². The van der Waals surface area contributed by atoms with Crippen molar-refractivity contribution in [3.8, 4) is 5.75 Å². The van der Waals surface area contributed by atoms with Crippen LogP contribution < -0.4 is 14.5 Å². The van der Waals surface area contributed by atoms with Crippen LogP contribution >= 0.6 is 15.9 Å². The van der Waals surface area contributed by atoms with Crippen LogP contribution in [0.25, 0.3) is 0 Å². The molecule has 1 fully saturated rings. The topological polar surface area (TPSA) is 53.1 Å². The third-order valence-corrected chi connectivity index (χ3v) is 5.56. The van der Waals surface area contributed by atoms with Gasteiger partial charge in [-0.05, 0) is 30.3 Å². The van der Waals surface area contributed by atoms with Crippen molar-refractivity contribution in [3.63, 3.8) is 0 Å². The van der Waals surface area contributed by atoms with E-state index in [9.17, 15) is 9.59 Å². The molecule has 2 aliphatic rings. The van der Waals surface area contributed by atoms with Crippen LogP contribution in [0.1, 0.15) is 10.4 Å². The number of anilines is 2. The summed E-state index contributed by atoms with van der Waals surface area (Å²) in [5.41, 5.74) is 2.31. The Balaban J connectivity index is 1.42. The summed E-state index contributed by atoms with van der Waals surface area (Å²) in [4.78, 5) is 30.8. The number of nitrogens with zero attached hydrogens (tertiary/aromatic N) is 3. The molecule has 2 aliphatic heterocycles. The van der Waals surface area contributed by atoms with Gasteiger partial charge in [-0.15, -0.1) is 0 Å². The predicted molar refractivity (Wildman–Crippen MR) is 108 cm³/mol. The molecular weight excluding hydrogens is 410 g/mol. The van der Waals surface area contributed by atoms with Gasteiger partial charge in [0, 0.05) is 42.4 Å². The highest BCUT2D eigenvalue weighted by molar-refractivity contribution is 9.10. The van der Waals surface area contributed by atoms with Gasteiger partial charge in [0.1, 0.15) is 5.75 Å². The van der Waals surface area contributed by atoms with Crippen LogP contribution in [-0.2, 0) is 4.79 Å². The summed E-state index contributed by atoms with van der Waals surface area (Å²) in [6.07, 6.45) is 0. The van der Waals surface area contributed by atoms with Crippen molar-refractivity contribution in [3.05, 3.63) is 52.5 Å². The highest BCUT2D eigenvalue weighted by Gasteiger charge is 2.37. The standard InChI is InChI=1S/C20H20BrN3O3/c1-27-16-4-2-3-15(12-16)23-9-7-22(8-10-23)13-24-18-6-5-14(21)11-17(18)19(25)20(24)26/h2-6,11-12H,7-10,13H2,1H3. The summed E-state index contributed by atoms with van der Waals surface area (Å²) in [7, 11) is 1.67. The fourth-order valence-corrected chi connectivity index (χ4v) is 3.93. The number of Topliss-reactive ketones (excluding diaryl/α,β-unsaturated/α-hetero) is 1. The molecule has 0 aliphatic carbocycles. The lowest BCUT2D eigenvalue weighted by atomic mass is 10.1. The van der Waals surface area contributed by atoms with Gasteiger partial charge in [0.2, 0.25) is 0 Å². The summed E-state index contributed by atoms with van der Waals surface area (Å²) in [6, 6.07) is 13.4. The molecule has 7 heteroatoms. The molecule has 0 spiro atoms. The Morgan fingerprint density at radius 2 is 1.81 bits per heavy atom. The van der Waals surface area contributed by atoms with Crippen molar-refractivity contribution in [2.75, 3.05) is 49.8 Å². The molecule has 1 amide bonds. The van der Waals surface area contributed by atoms with E-state index in [1.54, 1.807) is 18.1 Å². The van der Waals surface area contributed by atoms with E-state index >= 15 is 0 Å². The Hall–Kier alpha value is -2.38. The molecule has 0 unspecified atom stereocenters. The number of piperazine rings is 1. The second-order valence-electron chi connectivity index (χ2n) is 6.67. The third kappa shape index (κ3) is 3.44. The lowest BCUT2D eigenvalue weighted by Gasteiger charge is -2.37. The van der Waals surface area contributed by atoms with Gasteiger partial charge in [0.05, 0.1) is 25.0 Å². The van der Waals surface area contributed by atoms with Crippen LogP contribution in [0, 0.1) is 0 Å². The Bertz CT molecular complexity index is 894. The Labute approximate surface area is 166 Å². The molecule has 1 saturated heterocycles. The van der Waals surface area contributed by atoms with E-state index in [-0.39, 0.29) is 0 Å². The van der Waals surface area contributed by atoms with Crippen LogP contribution in [0.5, 0.6) is 5.75 Å². The van der Waals surface area contributed by atoms with E-state index in [1.807, 2.05) is 30.3 Å². The first-order chi connectivity index (χ1) is 13.1. The maximum absolute atomic E-state index is 12.4. The molecule has 0 radical (unpaired) electrons. The SMILES string of the molecule is COc1cccc(N2CCN(CN3C(=O)C(=O)c4cc(Br)ccc43)CC2)c1. The molecule has 0 saturated carbocycles. The Morgan fingerprint density at radius 1 is 1.04 bits per heavy atom. The molecule has 2 aromatic rings. The van der Waals surface area contributed by atoms with Gasteiger partial charge in [-0.2, -0.15) is 0 Å². The molecule has 140 valence electrons. The van der Waals surface area contributed by atoms with Crippen LogP contribution in [0.4, 0.5) is 11.4 Å². The number of ketones is 1. The maximum Gasteiger partial charge on any atom is 0.300 e. The first-order valence-electron chi connectivity index (χ1n) is 8.84. The van der Waals surface area contributed by atoms with E-state index in [0.717, 1.165) is 42.1 Å². The molecule has 0 aromatic heterocycles. The quantitative estimate of drug-likeness (QED) is 0.699. The number of ether oxygens (including phenoxy) is 1. The largest absolute Gasteiger partial charge is 0.497 e. The predicted octanol–water partition coefficient (Wildman–Crippen LogP) is 2.77. The number of hydrogen-bond donors (Lipinski definition) is 0. The molecule has 0 atom stereocenters. The Kier molecular flexibility index (Phi) is 4.88. The first kappa shape index (κ1) is 18.0. The van der Waals surface area contributed by atoms with Crippen molar-refractivity contribution in [2.45, 2.75) is 0 Å². The lowest BCUT2D eigenvalue weighted by molar-refractivity contribution is -0.114. The molecule has 0 N–H and O–H groups in total. The molecular formula is C20H20BrN3O3. The number of hydrogen-bond acceptors (Lipinski definition) is 5. The zero-order valence-electron chi connectivity index (χ0n) is 15.0. The maximum atomic E-state index is 12.4. The number of methoxy groups -OCH3 is 1. The smallest absolute Gasteiger partial charge is 0.300 e. The van der Waals surface area contributed by atoms with Crippen LogP contribution in [0.15, 0.2) is 46.9 Å². The van der Waals surface area contributed by atoms with Crippen LogP contribution in [0.2, 0.25) is 0 Å².